The number of hydrogen-bond donors (Lipinski definition) is 0. The van der Waals surface area contributed by atoms with Crippen LogP contribution in [0.15, 0.2) is 0 Å². The highest BCUT2D eigenvalue weighted by Crippen LogP contribution is 1.84. The van der Waals surface area contributed by atoms with Crippen molar-refractivity contribution in [3.63, 3.8) is 0 Å². The molecule has 0 amide bonds. The fourth-order valence-corrected chi connectivity index (χ4v) is 0. The van der Waals surface area contributed by atoms with Crippen LogP contribution in [-0.4, -0.2) is 18.7 Å². The predicted molar refractivity (Wildman–Crippen MR) is 30.4 cm³/mol. The molecule has 0 radical (unpaired) electrons. The van der Waals surface area contributed by atoms with Crippen LogP contribution in [-0.2, 0) is 4.74 Å². The fourth-order valence-electron chi connectivity index (χ4n) is 0. The Morgan fingerprint density at radius 2 is 1.43 bits per heavy atom. The zero-order chi connectivity index (χ0) is 4.83. The molecular weight excluding hydrogens is 92.1 g/mol. The van der Waals surface area contributed by atoms with Crippen LogP contribution in [0, 0.1) is 0 Å². The lowest BCUT2D eigenvalue weighted by atomic mass is 10.6. The van der Waals surface area contributed by atoms with Gasteiger partial charge in [0, 0.05) is 0 Å². The maximum absolute atomic E-state index is 4.50. The zero-order valence-electron chi connectivity index (χ0n) is 5.03. The molecule has 0 aromatic heterocycles. The van der Waals surface area contributed by atoms with E-state index in [1.54, 1.807) is 0 Å². The fraction of sp³-hybridized carbons (Fsp3) is 1.00. The van der Waals surface area contributed by atoms with Crippen LogP contribution < -0.4 is 0 Å². The number of hydrogen-bond acceptors (Lipinski definition) is 1. The average molecular weight is 106 g/mol. The first-order chi connectivity index (χ1) is 2.91. The monoisotopic (exact) mass is 106 g/mol. The van der Waals surface area contributed by atoms with Crippen molar-refractivity contribution in [3.05, 3.63) is 0 Å². The second-order valence-electron chi connectivity index (χ2n) is 1.32. The summed E-state index contributed by atoms with van der Waals surface area (Å²) in [6.45, 7) is 6.25. The van der Waals surface area contributed by atoms with E-state index in [0.29, 0.717) is 0 Å². The van der Waals surface area contributed by atoms with Gasteiger partial charge in [0.1, 0.15) is 0 Å². The van der Waals surface area contributed by atoms with Gasteiger partial charge in [0.05, 0.1) is 13.2 Å². The van der Waals surface area contributed by atoms with Gasteiger partial charge in [-0.2, -0.15) is 0 Å². The lowest BCUT2D eigenvalue weighted by Gasteiger charge is -1.48. The molecule has 1 heterocycles. The zero-order valence-corrected chi connectivity index (χ0v) is 5.03. The van der Waals surface area contributed by atoms with Crippen molar-refractivity contribution in [3.8, 4) is 0 Å². The molecule has 0 aliphatic carbocycles. The van der Waals surface area contributed by atoms with Gasteiger partial charge in [-0.1, -0.05) is 20.3 Å². The van der Waals surface area contributed by atoms with E-state index in [9.17, 15) is 0 Å². The normalized spacial score (nSPS) is 12.9. The maximum atomic E-state index is 4.50. The molecule has 1 aliphatic rings. The Bertz CT molecular complexity index is 17.3. The van der Waals surface area contributed by atoms with Crippen molar-refractivity contribution >= 4 is 0 Å². The van der Waals surface area contributed by atoms with Crippen molar-refractivity contribution in [1.82, 2.24) is 0 Å². The summed E-state index contributed by atoms with van der Waals surface area (Å²) in [6.07, 6.45) is 1.25. The molecule has 2 heteroatoms. The molecule has 0 aromatic rings. The molecule has 0 saturated carbocycles. The average Bonchev–Trinajstić information content (AvgIpc) is 2.11. The third-order valence-electron chi connectivity index (χ3n) is 0.204. The summed E-state index contributed by atoms with van der Waals surface area (Å²) in [6, 6.07) is 0. The maximum Gasteiger partial charge on any atom is 0.0701 e. The van der Waals surface area contributed by atoms with Crippen molar-refractivity contribution < 1.29 is 10.2 Å². The molecule has 2 nitrogen and oxygen atoms in total. The molecule has 1 rings (SSSR count). The minimum Gasteiger partial charge on any atom is -0.412 e. The lowest BCUT2D eigenvalue weighted by Crippen LogP contribution is -1.27. The van der Waals surface area contributed by atoms with E-state index < -0.39 is 0 Å². The van der Waals surface area contributed by atoms with Gasteiger partial charge < -0.3 is 10.2 Å². The van der Waals surface area contributed by atoms with E-state index in [0.717, 1.165) is 13.2 Å². The lowest BCUT2D eigenvalue weighted by molar-refractivity contribution is 0.475. The summed E-state index contributed by atoms with van der Waals surface area (Å²) >= 11 is 0. The number of epoxide rings is 1. The molecule has 0 spiro atoms. The first-order valence-corrected chi connectivity index (χ1v) is 2.49. The van der Waals surface area contributed by atoms with Gasteiger partial charge in [0.2, 0.25) is 0 Å². The summed E-state index contributed by atoms with van der Waals surface area (Å²) in [4.78, 5) is 0. The van der Waals surface area contributed by atoms with Crippen molar-refractivity contribution in [2.24, 2.45) is 0 Å². The molecule has 1 saturated heterocycles. The van der Waals surface area contributed by atoms with Gasteiger partial charge in [0.15, 0.2) is 0 Å². The molecule has 2 N–H and O–H groups in total. The van der Waals surface area contributed by atoms with Crippen molar-refractivity contribution in [1.29, 1.82) is 0 Å². The highest BCUT2D eigenvalue weighted by Gasteiger charge is 1.94. The number of ether oxygens (including phenoxy) is 1. The molecule has 0 aromatic carbocycles. The van der Waals surface area contributed by atoms with Crippen LogP contribution in [0.25, 0.3) is 0 Å². The Kier molecular flexibility index (Phi) is 13.3. The van der Waals surface area contributed by atoms with E-state index in [1.165, 1.54) is 6.42 Å². The Hall–Kier alpha value is -0.0800. The first kappa shape index (κ1) is 10.0. The summed E-state index contributed by atoms with van der Waals surface area (Å²) < 4.78 is 4.50. The SMILES string of the molecule is C1CO1.CCC.O. The summed E-state index contributed by atoms with van der Waals surface area (Å²) in [5.74, 6) is 0. The Labute approximate surface area is 44.8 Å². The van der Waals surface area contributed by atoms with E-state index in [2.05, 4.69) is 18.6 Å². The molecular formula is C5H14O2. The largest absolute Gasteiger partial charge is 0.412 e. The van der Waals surface area contributed by atoms with Gasteiger partial charge in [-0.15, -0.1) is 0 Å². The van der Waals surface area contributed by atoms with Crippen molar-refractivity contribution in [2.45, 2.75) is 20.3 Å². The smallest absolute Gasteiger partial charge is 0.0701 e. The van der Waals surface area contributed by atoms with Gasteiger partial charge >= 0.3 is 0 Å². The molecule has 0 unspecified atom stereocenters. The minimum absolute atomic E-state index is 0. The van der Waals surface area contributed by atoms with Crippen LogP contribution in [0.5, 0.6) is 0 Å². The highest BCUT2D eigenvalue weighted by molar-refractivity contribution is 4.36. The van der Waals surface area contributed by atoms with Crippen LogP contribution in [0.1, 0.15) is 20.3 Å². The van der Waals surface area contributed by atoms with Gasteiger partial charge in [-0.05, 0) is 0 Å². The molecule has 46 valence electrons. The van der Waals surface area contributed by atoms with Crippen LogP contribution in [0.3, 0.4) is 0 Å². The number of rotatable bonds is 0. The molecule has 7 heavy (non-hydrogen) atoms. The van der Waals surface area contributed by atoms with Crippen LogP contribution >= 0.6 is 0 Å². The molecule has 1 fully saturated rings. The molecule has 0 bridgehead atoms. The summed E-state index contributed by atoms with van der Waals surface area (Å²) in [5, 5.41) is 0. The van der Waals surface area contributed by atoms with E-state index in [-0.39, 0.29) is 5.48 Å². The van der Waals surface area contributed by atoms with E-state index in [1.807, 2.05) is 0 Å². The summed E-state index contributed by atoms with van der Waals surface area (Å²) in [7, 11) is 0. The van der Waals surface area contributed by atoms with Gasteiger partial charge in [0.25, 0.3) is 0 Å². The Morgan fingerprint density at radius 3 is 1.43 bits per heavy atom. The predicted octanol–water partition coefficient (Wildman–Crippen LogP) is 0.608. The Balaban J connectivity index is 0. The van der Waals surface area contributed by atoms with Crippen molar-refractivity contribution in [2.75, 3.05) is 13.2 Å². The quantitative estimate of drug-likeness (QED) is 0.417. The second-order valence-corrected chi connectivity index (χ2v) is 1.32. The third-order valence-corrected chi connectivity index (χ3v) is 0.204. The Morgan fingerprint density at radius 1 is 1.29 bits per heavy atom. The van der Waals surface area contributed by atoms with Gasteiger partial charge in [-0.3, -0.25) is 0 Å². The van der Waals surface area contributed by atoms with E-state index >= 15 is 0 Å². The highest BCUT2D eigenvalue weighted by atomic mass is 16.6. The summed E-state index contributed by atoms with van der Waals surface area (Å²) in [5.41, 5.74) is 0. The second kappa shape index (κ2) is 9.33. The van der Waals surface area contributed by atoms with E-state index in [4.69, 9.17) is 0 Å². The van der Waals surface area contributed by atoms with Gasteiger partial charge in [-0.25, -0.2) is 0 Å². The molecule has 0 atom stereocenters. The topological polar surface area (TPSA) is 44.0 Å². The third kappa shape index (κ3) is 107. The van der Waals surface area contributed by atoms with Crippen LogP contribution in [0.4, 0.5) is 0 Å². The first-order valence-electron chi connectivity index (χ1n) is 2.49. The van der Waals surface area contributed by atoms with Crippen LogP contribution in [0.2, 0.25) is 0 Å². The molecule has 1 aliphatic heterocycles. The minimum atomic E-state index is 0. The standard InChI is InChI=1S/C3H8.C2H4O.H2O/c1-3-2;1-2-3-1;/h3H2,1-2H3;1-2H2;1H2.